The van der Waals surface area contributed by atoms with E-state index in [4.69, 9.17) is 0 Å². The van der Waals surface area contributed by atoms with E-state index in [0.717, 1.165) is 27.7 Å². The third kappa shape index (κ3) is 3.72. The van der Waals surface area contributed by atoms with Gasteiger partial charge in [-0.1, -0.05) is 0 Å². The Morgan fingerprint density at radius 1 is 1.14 bits per heavy atom. The van der Waals surface area contributed by atoms with E-state index in [2.05, 4.69) is 10.1 Å². The Morgan fingerprint density at radius 2 is 1.82 bits per heavy atom. The van der Waals surface area contributed by atoms with Gasteiger partial charge in [0.25, 0.3) is 5.56 Å². The molecule has 0 spiro atoms. The van der Waals surface area contributed by atoms with Crippen molar-refractivity contribution >= 4 is 18.1 Å². The highest BCUT2D eigenvalue weighted by atomic mass is 32.2. The first-order chi connectivity index (χ1) is 12.9. The molecule has 0 aliphatic heterocycles. The molecule has 0 unspecified atom stereocenters. The summed E-state index contributed by atoms with van der Waals surface area (Å²) in [6.07, 6.45) is -7.93. The lowest BCUT2D eigenvalue weighted by atomic mass is 10.1. The van der Waals surface area contributed by atoms with Crippen molar-refractivity contribution < 1.29 is 30.2 Å². The zero-order valence-corrected chi connectivity index (χ0v) is 14.7. The molecule has 0 aromatic carbocycles. The van der Waals surface area contributed by atoms with Gasteiger partial charge in [0.1, 0.15) is 0 Å². The first kappa shape index (κ1) is 20.2. The number of fused-ring (bicyclic) bond motifs is 1. The summed E-state index contributed by atoms with van der Waals surface area (Å²) in [6, 6.07) is 0. The Balaban J connectivity index is 2.19. The van der Waals surface area contributed by atoms with Gasteiger partial charge in [-0.2, -0.15) is 31.4 Å². The average Bonchev–Trinajstić information content (AvgIpc) is 3.15. The van der Waals surface area contributed by atoms with Crippen LogP contribution in [0.2, 0.25) is 0 Å². The van der Waals surface area contributed by atoms with Gasteiger partial charge in [0.15, 0.2) is 18.0 Å². The third-order valence-electron chi connectivity index (χ3n) is 3.80. The highest BCUT2D eigenvalue weighted by Crippen LogP contribution is 2.35. The number of halogens is 7. The molecule has 0 saturated heterocycles. The van der Waals surface area contributed by atoms with Gasteiger partial charge in [-0.15, -0.1) is 3.89 Å². The van der Waals surface area contributed by atoms with Crippen LogP contribution in [0.4, 0.5) is 30.2 Å². The Bertz CT molecular complexity index is 1080. The number of imidazole rings is 1. The van der Waals surface area contributed by atoms with Gasteiger partial charge >= 0.3 is 12.4 Å². The molecule has 0 radical (unpaired) electrons. The minimum atomic E-state index is -5.07. The smallest absolute Gasteiger partial charge is 0.272 e. The molecule has 0 aliphatic rings. The maximum atomic E-state index is 13.5. The molecule has 6 nitrogen and oxygen atoms in total. The summed E-state index contributed by atoms with van der Waals surface area (Å²) in [6.45, 7) is 0.735. The quantitative estimate of drug-likeness (QED) is 0.588. The highest BCUT2D eigenvalue weighted by molar-refractivity contribution is 7.92. The van der Waals surface area contributed by atoms with Crippen molar-refractivity contribution in [2.24, 2.45) is 0 Å². The van der Waals surface area contributed by atoms with Crippen LogP contribution in [0.3, 0.4) is 0 Å². The van der Waals surface area contributed by atoms with E-state index in [9.17, 15) is 35.0 Å². The molecular weight excluding hydrogens is 419 g/mol. The number of rotatable bonds is 4. The van der Waals surface area contributed by atoms with Crippen molar-refractivity contribution in [2.45, 2.75) is 32.2 Å². The maximum absolute atomic E-state index is 13.5. The number of aromatic nitrogens is 5. The standard InChI is InChI=1S/C14H10F7N5OS/c1-7-5-25-11(27)9(8-4-22-24(6-8)3-2-13(15,16)17)10(14(18,19)20)23-12(25)26(7)28-21/h4-6H,2-3H2,1H3. The molecule has 0 N–H and O–H groups in total. The van der Waals surface area contributed by atoms with Gasteiger partial charge in [0, 0.05) is 30.2 Å². The van der Waals surface area contributed by atoms with Gasteiger partial charge in [-0.25, -0.2) is 8.96 Å². The number of hydrogen-bond donors (Lipinski definition) is 0. The van der Waals surface area contributed by atoms with Crippen molar-refractivity contribution in [3.05, 3.63) is 40.3 Å². The van der Waals surface area contributed by atoms with E-state index in [1.54, 1.807) is 0 Å². The number of alkyl halides is 6. The Morgan fingerprint density at radius 3 is 2.39 bits per heavy atom. The highest BCUT2D eigenvalue weighted by Gasteiger charge is 2.39. The molecule has 0 atom stereocenters. The zero-order chi connectivity index (χ0) is 20.9. The summed E-state index contributed by atoms with van der Waals surface area (Å²) in [5.41, 5.74) is -3.84. The van der Waals surface area contributed by atoms with Gasteiger partial charge < -0.3 is 0 Å². The summed E-state index contributed by atoms with van der Waals surface area (Å²) in [4.78, 5) is 16.1. The maximum Gasteiger partial charge on any atom is 0.434 e. The van der Waals surface area contributed by atoms with Crippen molar-refractivity contribution in [2.75, 3.05) is 0 Å². The minimum Gasteiger partial charge on any atom is -0.272 e. The van der Waals surface area contributed by atoms with Crippen molar-refractivity contribution in [3.63, 3.8) is 0 Å². The molecule has 3 rings (SSSR count). The van der Waals surface area contributed by atoms with Crippen LogP contribution in [0.25, 0.3) is 16.9 Å². The molecule has 3 heterocycles. The molecular formula is C14H10F7N5OS. The molecule has 14 heteroatoms. The molecule has 0 bridgehead atoms. The SMILES string of the molecule is Cc1cn2c(=O)c(-c3cnn(CCC(F)(F)F)c3)c(C(F)(F)F)nc2n1SF. The first-order valence-electron chi connectivity index (χ1n) is 7.53. The number of hydrogen-bond acceptors (Lipinski definition) is 4. The van der Waals surface area contributed by atoms with Crippen LogP contribution < -0.4 is 5.56 Å². The predicted molar refractivity (Wildman–Crippen MR) is 85.2 cm³/mol. The fourth-order valence-electron chi connectivity index (χ4n) is 2.59. The lowest BCUT2D eigenvalue weighted by molar-refractivity contribution is -0.140. The largest absolute Gasteiger partial charge is 0.434 e. The van der Waals surface area contributed by atoms with Crippen LogP contribution in [0.1, 0.15) is 17.8 Å². The van der Waals surface area contributed by atoms with E-state index >= 15 is 0 Å². The fourth-order valence-corrected chi connectivity index (χ4v) is 2.93. The average molecular weight is 429 g/mol. The normalized spacial score (nSPS) is 12.9. The van der Waals surface area contributed by atoms with Crippen molar-refractivity contribution in [1.29, 1.82) is 0 Å². The summed E-state index contributed by atoms with van der Waals surface area (Å²) in [5, 5.41) is 3.58. The third-order valence-corrected chi connectivity index (χ3v) is 4.39. The van der Waals surface area contributed by atoms with Gasteiger partial charge in [-0.05, 0) is 6.92 Å². The summed E-state index contributed by atoms with van der Waals surface area (Å²) >= 11 is -0.422. The molecule has 0 fully saturated rings. The van der Waals surface area contributed by atoms with Crippen LogP contribution >= 0.6 is 12.3 Å². The predicted octanol–water partition coefficient (Wildman–Crippen LogP) is 4.02. The van der Waals surface area contributed by atoms with Gasteiger partial charge in [0.05, 0.1) is 18.2 Å². The second-order valence-electron chi connectivity index (χ2n) is 5.80. The second-order valence-corrected chi connectivity index (χ2v) is 6.30. The van der Waals surface area contributed by atoms with Crippen LogP contribution in [0.5, 0.6) is 0 Å². The van der Waals surface area contributed by atoms with Crippen molar-refractivity contribution in [3.8, 4) is 11.1 Å². The number of aryl methyl sites for hydroxylation is 2. The monoisotopic (exact) mass is 429 g/mol. The summed E-state index contributed by atoms with van der Waals surface area (Å²) in [7, 11) is 0. The summed E-state index contributed by atoms with van der Waals surface area (Å²) in [5.74, 6) is -0.574. The lowest BCUT2D eigenvalue weighted by Gasteiger charge is -2.11. The van der Waals surface area contributed by atoms with Gasteiger partial charge in [0.2, 0.25) is 5.78 Å². The van der Waals surface area contributed by atoms with Gasteiger partial charge in [-0.3, -0.25) is 13.9 Å². The fraction of sp³-hybridized carbons (Fsp3) is 0.357. The van der Waals surface area contributed by atoms with Crippen LogP contribution in [0, 0.1) is 6.92 Å². The lowest BCUT2D eigenvalue weighted by Crippen LogP contribution is -2.23. The van der Waals surface area contributed by atoms with E-state index in [0.29, 0.717) is 3.97 Å². The van der Waals surface area contributed by atoms with Crippen LogP contribution in [-0.2, 0) is 12.7 Å². The minimum absolute atomic E-state index is 0.128. The molecule has 3 aromatic heterocycles. The zero-order valence-electron chi connectivity index (χ0n) is 13.8. The van der Waals surface area contributed by atoms with Crippen LogP contribution in [0.15, 0.2) is 23.4 Å². The van der Waals surface area contributed by atoms with E-state index in [-0.39, 0.29) is 11.3 Å². The molecule has 0 amide bonds. The first-order valence-corrected chi connectivity index (χ1v) is 8.20. The van der Waals surface area contributed by atoms with E-state index in [1.165, 1.54) is 6.92 Å². The molecule has 0 saturated carbocycles. The Kier molecular flexibility index (Phi) is 4.93. The number of nitrogens with zero attached hydrogens (tertiary/aromatic N) is 5. The summed E-state index contributed by atoms with van der Waals surface area (Å²) < 4.78 is 92.7. The molecule has 152 valence electrons. The molecule has 28 heavy (non-hydrogen) atoms. The topological polar surface area (TPSA) is 57.1 Å². The Labute approximate surface area is 156 Å². The molecule has 3 aromatic rings. The Hall–Kier alpha value is -2.51. The van der Waals surface area contributed by atoms with E-state index in [1.807, 2.05) is 0 Å². The molecule has 0 aliphatic carbocycles. The second kappa shape index (κ2) is 6.83. The van der Waals surface area contributed by atoms with Crippen molar-refractivity contribution in [1.82, 2.24) is 23.1 Å². The van der Waals surface area contributed by atoms with Crippen LogP contribution in [-0.4, -0.2) is 29.3 Å². The van der Waals surface area contributed by atoms with E-state index < -0.39 is 60.2 Å².